The fourth-order valence-corrected chi connectivity index (χ4v) is 7.60. The second kappa shape index (κ2) is 12.4. The van der Waals surface area contributed by atoms with E-state index < -0.39 is 0 Å². The molecule has 250 valence electrons. The van der Waals surface area contributed by atoms with Gasteiger partial charge in [0.1, 0.15) is 6.07 Å². The van der Waals surface area contributed by atoms with Crippen molar-refractivity contribution in [3.05, 3.63) is 181 Å². The number of hydrogen-bond donors (Lipinski definition) is 0. The number of benzene rings is 7. The normalized spacial score (nSPS) is 11.3. The molecule has 54 heavy (non-hydrogen) atoms. The zero-order valence-electron chi connectivity index (χ0n) is 28.7. The summed E-state index contributed by atoms with van der Waals surface area (Å²) in [4.78, 5) is 18.6. The Bertz CT molecular complexity index is 3110. The van der Waals surface area contributed by atoms with Gasteiger partial charge in [0, 0.05) is 43.9 Å². The summed E-state index contributed by atoms with van der Waals surface area (Å²) < 4.78 is 4.41. The third-order valence-corrected chi connectivity index (χ3v) is 10.0. The van der Waals surface area contributed by atoms with Crippen molar-refractivity contribution in [3.8, 4) is 51.6 Å². The van der Waals surface area contributed by atoms with Crippen LogP contribution in [0.1, 0.15) is 5.56 Å². The Morgan fingerprint density at radius 2 is 0.981 bits per heavy atom. The molecule has 0 saturated carbocycles. The molecule has 10 aromatic rings. The van der Waals surface area contributed by atoms with Gasteiger partial charge in [-0.15, -0.1) is 0 Å². The van der Waals surface area contributed by atoms with Crippen molar-refractivity contribution >= 4 is 49.3 Å². The van der Waals surface area contributed by atoms with Gasteiger partial charge >= 0.3 is 0 Å². The fourth-order valence-electron chi connectivity index (χ4n) is 7.60. The van der Waals surface area contributed by atoms with Gasteiger partial charge < -0.3 is 9.13 Å². The summed E-state index contributed by atoms with van der Waals surface area (Å²) in [5.74, 6) is 1.30. The average Bonchev–Trinajstić information content (AvgIpc) is 3.75. The minimum absolute atomic E-state index is 0.327. The molecule has 3 aromatic heterocycles. The zero-order chi connectivity index (χ0) is 36.2. The van der Waals surface area contributed by atoms with E-state index in [4.69, 9.17) is 21.5 Å². The summed E-state index contributed by atoms with van der Waals surface area (Å²) in [6.45, 7) is 8.40. The third-order valence-electron chi connectivity index (χ3n) is 10.0. The van der Waals surface area contributed by atoms with Crippen molar-refractivity contribution in [1.29, 1.82) is 5.26 Å². The van der Waals surface area contributed by atoms with Crippen LogP contribution in [0, 0.1) is 17.9 Å². The molecule has 10 rings (SSSR count). The molecule has 0 radical (unpaired) electrons. The quantitative estimate of drug-likeness (QED) is 0.169. The second-order valence-electron chi connectivity index (χ2n) is 13.1. The molecule has 0 aliphatic heterocycles. The van der Waals surface area contributed by atoms with Gasteiger partial charge in [-0.1, -0.05) is 115 Å². The Labute approximate surface area is 310 Å². The van der Waals surface area contributed by atoms with Crippen molar-refractivity contribution < 1.29 is 0 Å². The molecule has 3 heterocycles. The Hall–Kier alpha value is -7.87. The largest absolute Gasteiger partial charge is 0.309 e. The molecule has 0 fully saturated rings. The number of nitriles is 1. The summed E-state index contributed by atoms with van der Waals surface area (Å²) in [5.41, 5.74) is 8.54. The van der Waals surface area contributed by atoms with E-state index in [9.17, 15) is 5.26 Å². The van der Waals surface area contributed by atoms with Crippen LogP contribution in [0.15, 0.2) is 164 Å². The number of nitrogens with zero attached hydrogens (tertiary/aromatic N) is 7. The summed E-state index contributed by atoms with van der Waals surface area (Å²) in [5, 5.41) is 15.2. The summed E-state index contributed by atoms with van der Waals surface area (Å²) in [6, 6.07) is 57.0. The monoisotopic (exact) mass is 689 g/mol. The van der Waals surface area contributed by atoms with E-state index in [0.717, 1.165) is 60.4 Å². The maximum atomic E-state index is 10.8. The Morgan fingerprint density at radius 1 is 0.481 bits per heavy atom. The molecule has 0 aliphatic carbocycles. The fraction of sp³-hybridized carbons (Fsp3) is 0. The molecule has 0 saturated heterocycles. The standard InChI is InChI=1S/C47H27N7/c1-49-39-27-42(32(29-48)25-38(39)47-51-45(30-15-5-2-6-16-30)50-46(52-47)31-17-7-3-8-18-31)54-41-24-14-12-22-35(41)37-26-36-34-21-11-13-23-40(34)53(43(36)28-44(37)54)33-19-9-4-10-20-33/h2-28H. The maximum absolute atomic E-state index is 10.8. The highest BCUT2D eigenvalue weighted by Gasteiger charge is 2.22. The van der Waals surface area contributed by atoms with Gasteiger partial charge in [-0.05, 0) is 48.5 Å². The van der Waals surface area contributed by atoms with Crippen LogP contribution in [0.3, 0.4) is 0 Å². The first-order chi connectivity index (χ1) is 26.7. The molecule has 0 N–H and O–H groups in total. The smallest absolute Gasteiger partial charge is 0.200 e. The highest BCUT2D eigenvalue weighted by atomic mass is 15.0. The lowest BCUT2D eigenvalue weighted by Crippen LogP contribution is -2.02. The lowest BCUT2D eigenvalue weighted by molar-refractivity contribution is 1.07. The van der Waals surface area contributed by atoms with Crippen LogP contribution >= 0.6 is 0 Å². The Morgan fingerprint density at radius 3 is 1.56 bits per heavy atom. The molecule has 0 atom stereocenters. The van der Waals surface area contributed by atoms with Crippen LogP contribution in [0.25, 0.3) is 94.0 Å². The first-order valence-electron chi connectivity index (χ1n) is 17.6. The summed E-state index contributed by atoms with van der Waals surface area (Å²) in [7, 11) is 0. The highest BCUT2D eigenvalue weighted by molar-refractivity contribution is 6.19. The topological polar surface area (TPSA) is 76.7 Å². The zero-order valence-corrected chi connectivity index (χ0v) is 28.7. The first kappa shape index (κ1) is 30.9. The van der Waals surface area contributed by atoms with E-state index in [0.29, 0.717) is 40.0 Å². The molecule has 7 aromatic carbocycles. The number of aromatic nitrogens is 5. The molecule has 0 bridgehead atoms. The van der Waals surface area contributed by atoms with E-state index in [2.05, 4.69) is 92.8 Å². The predicted molar refractivity (Wildman–Crippen MR) is 216 cm³/mol. The molecule has 0 spiro atoms. The summed E-state index contributed by atoms with van der Waals surface area (Å²) in [6.07, 6.45) is 0. The number of rotatable bonds is 5. The van der Waals surface area contributed by atoms with Gasteiger partial charge in [-0.3, -0.25) is 0 Å². The van der Waals surface area contributed by atoms with Crippen molar-refractivity contribution in [1.82, 2.24) is 24.1 Å². The third kappa shape index (κ3) is 4.85. The van der Waals surface area contributed by atoms with Crippen LogP contribution in [-0.2, 0) is 0 Å². The lowest BCUT2D eigenvalue weighted by atomic mass is 10.0. The van der Waals surface area contributed by atoms with Crippen molar-refractivity contribution in [3.63, 3.8) is 0 Å². The van der Waals surface area contributed by atoms with E-state index in [1.54, 1.807) is 12.1 Å². The SMILES string of the molecule is [C-]#[N+]c1cc(-n2c3ccccc3c3cc4c5ccccc5n(-c5ccccc5)c4cc32)c(C#N)cc1-c1nc(-c2ccccc2)nc(-c2ccccc2)n1. The van der Waals surface area contributed by atoms with Crippen molar-refractivity contribution in [2.24, 2.45) is 0 Å². The minimum atomic E-state index is 0.327. The first-order valence-corrected chi connectivity index (χ1v) is 17.6. The van der Waals surface area contributed by atoms with Gasteiger partial charge in [-0.25, -0.2) is 19.8 Å². The number of hydrogen-bond acceptors (Lipinski definition) is 4. The molecular formula is C47H27N7. The van der Waals surface area contributed by atoms with E-state index in [1.165, 1.54) is 0 Å². The van der Waals surface area contributed by atoms with Crippen LogP contribution in [-0.4, -0.2) is 24.1 Å². The van der Waals surface area contributed by atoms with Gasteiger partial charge in [0.2, 0.25) is 0 Å². The molecular weight excluding hydrogens is 663 g/mol. The minimum Gasteiger partial charge on any atom is -0.309 e. The molecule has 0 amide bonds. The number of para-hydroxylation sites is 3. The maximum Gasteiger partial charge on any atom is 0.200 e. The van der Waals surface area contributed by atoms with Crippen molar-refractivity contribution in [2.75, 3.05) is 0 Å². The number of fused-ring (bicyclic) bond motifs is 6. The van der Waals surface area contributed by atoms with Crippen LogP contribution in [0.5, 0.6) is 0 Å². The summed E-state index contributed by atoms with van der Waals surface area (Å²) >= 11 is 0. The van der Waals surface area contributed by atoms with Gasteiger partial charge in [0.15, 0.2) is 23.2 Å². The Balaban J connectivity index is 1.25. The molecule has 0 unspecified atom stereocenters. The van der Waals surface area contributed by atoms with Crippen LogP contribution < -0.4 is 0 Å². The molecule has 7 nitrogen and oxygen atoms in total. The van der Waals surface area contributed by atoms with Gasteiger partial charge in [0.25, 0.3) is 0 Å². The van der Waals surface area contributed by atoms with Crippen molar-refractivity contribution in [2.45, 2.75) is 0 Å². The van der Waals surface area contributed by atoms with Gasteiger partial charge in [0.05, 0.1) is 39.9 Å². The van der Waals surface area contributed by atoms with E-state index in [-0.39, 0.29) is 0 Å². The lowest BCUT2D eigenvalue weighted by Gasteiger charge is -2.14. The average molecular weight is 690 g/mol. The van der Waals surface area contributed by atoms with E-state index >= 15 is 0 Å². The Kier molecular flexibility index (Phi) is 7.11. The second-order valence-corrected chi connectivity index (χ2v) is 13.1. The van der Waals surface area contributed by atoms with Crippen LogP contribution in [0.4, 0.5) is 5.69 Å². The highest BCUT2D eigenvalue weighted by Crippen LogP contribution is 2.42. The predicted octanol–water partition coefficient (Wildman–Crippen LogP) is 11.5. The molecule has 0 aliphatic rings. The molecule has 7 heteroatoms. The van der Waals surface area contributed by atoms with E-state index in [1.807, 2.05) is 78.9 Å². The van der Waals surface area contributed by atoms with Gasteiger partial charge in [-0.2, -0.15) is 5.26 Å². The van der Waals surface area contributed by atoms with Crippen LogP contribution in [0.2, 0.25) is 0 Å².